The van der Waals surface area contributed by atoms with Crippen molar-refractivity contribution >= 4 is 0 Å². The highest BCUT2D eigenvalue weighted by atomic mass is 19.1. The van der Waals surface area contributed by atoms with Crippen LogP contribution in [0.15, 0.2) is 48.5 Å². The van der Waals surface area contributed by atoms with Gasteiger partial charge in [-0.15, -0.1) is 0 Å². The third-order valence-corrected chi connectivity index (χ3v) is 3.46. The molecule has 106 valence electrons. The van der Waals surface area contributed by atoms with E-state index in [9.17, 15) is 4.39 Å². The number of methoxy groups -OCH3 is 1. The standard InChI is InChI=1S/C17H20FNO/c1-12(14-7-9-16(18)10-8-14)19-13(2)15-5-4-6-17(11-15)20-3/h4-13,19H,1-3H3/t12?,13-/m0/s1. The van der Waals surface area contributed by atoms with Crippen molar-refractivity contribution in [1.82, 2.24) is 5.32 Å². The van der Waals surface area contributed by atoms with Gasteiger partial charge in [-0.3, -0.25) is 0 Å². The molecular weight excluding hydrogens is 253 g/mol. The summed E-state index contributed by atoms with van der Waals surface area (Å²) in [6, 6.07) is 14.9. The molecule has 2 atom stereocenters. The number of hydrogen-bond acceptors (Lipinski definition) is 2. The predicted octanol–water partition coefficient (Wildman–Crippen LogP) is 4.25. The SMILES string of the molecule is COc1cccc([C@H](C)NC(C)c2ccc(F)cc2)c1. The lowest BCUT2D eigenvalue weighted by molar-refractivity contribution is 0.412. The van der Waals surface area contributed by atoms with E-state index in [-0.39, 0.29) is 17.9 Å². The Morgan fingerprint density at radius 1 is 0.950 bits per heavy atom. The first-order valence-electron chi connectivity index (χ1n) is 6.75. The molecule has 1 N–H and O–H groups in total. The van der Waals surface area contributed by atoms with Gasteiger partial charge in [0.15, 0.2) is 0 Å². The van der Waals surface area contributed by atoms with Gasteiger partial charge in [-0.2, -0.15) is 0 Å². The summed E-state index contributed by atoms with van der Waals surface area (Å²) in [7, 11) is 1.67. The van der Waals surface area contributed by atoms with Crippen LogP contribution in [-0.2, 0) is 0 Å². The molecule has 0 amide bonds. The first-order chi connectivity index (χ1) is 9.60. The Morgan fingerprint density at radius 2 is 1.60 bits per heavy atom. The van der Waals surface area contributed by atoms with Crippen LogP contribution in [0.5, 0.6) is 5.75 Å². The van der Waals surface area contributed by atoms with Crippen molar-refractivity contribution in [3.05, 3.63) is 65.5 Å². The Balaban J connectivity index is 2.06. The van der Waals surface area contributed by atoms with Crippen LogP contribution in [0, 0.1) is 5.82 Å². The third kappa shape index (κ3) is 3.58. The maximum Gasteiger partial charge on any atom is 0.123 e. The second-order valence-corrected chi connectivity index (χ2v) is 4.94. The minimum atomic E-state index is -0.207. The zero-order valence-corrected chi connectivity index (χ0v) is 12.1. The maximum atomic E-state index is 12.9. The number of halogens is 1. The molecule has 0 heterocycles. The van der Waals surface area contributed by atoms with Crippen LogP contribution in [0.3, 0.4) is 0 Å². The lowest BCUT2D eigenvalue weighted by Crippen LogP contribution is -2.22. The normalized spacial score (nSPS) is 13.8. The smallest absolute Gasteiger partial charge is 0.123 e. The Bertz CT molecular complexity index is 553. The molecule has 0 aliphatic carbocycles. The largest absolute Gasteiger partial charge is 0.497 e. The average molecular weight is 273 g/mol. The number of ether oxygens (including phenoxy) is 1. The number of hydrogen-bond donors (Lipinski definition) is 1. The van der Waals surface area contributed by atoms with Gasteiger partial charge in [-0.05, 0) is 49.2 Å². The monoisotopic (exact) mass is 273 g/mol. The number of rotatable bonds is 5. The summed E-state index contributed by atoms with van der Waals surface area (Å²) < 4.78 is 18.2. The highest BCUT2D eigenvalue weighted by Crippen LogP contribution is 2.22. The van der Waals surface area contributed by atoms with Gasteiger partial charge in [-0.25, -0.2) is 4.39 Å². The summed E-state index contributed by atoms with van der Waals surface area (Å²) in [6.07, 6.45) is 0. The Kier molecular flexibility index (Phi) is 4.74. The Morgan fingerprint density at radius 3 is 2.25 bits per heavy atom. The first kappa shape index (κ1) is 14.5. The topological polar surface area (TPSA) is 21.3 Å². The van der Waals surface area contributed by atoms with E-state index >= 15 is 0 Å². The molecule has 3 heteroatoms. The van der Waals surface area contributed by atoms with Crippen molar-refractivity contribution in [2.24, 2.45) is 0 Å². The van der Waals surface area contributed by atoms with Crippen LogP contribution in [-0.4, -0.2) is 7.11 Å². The second-order valence-electron chi connectivity index (χ2n) is 4.94. The van der Waals surface area contributed by atoms with Gasteiger partial charge >= 0.3 is 0 Å². The van der Waals surface area contributed by atoms with Gasteiger partial charge in [0.25, 0.3) is 0 Å². The molecule has 0 saturated carbocycles. The minimum Gasteiger partial charge on any atom is -0.497 e. The molecule has 0 aliphatic heterocycles. The van der Waals surface area contributed by atoms with Crippen LogP contribution in [0.4, 0.5) is 4.39 Å². The van der Waals surface area contributed by atoms with E-state index in [0.717, 1.165) is 11.3 Å². The molecule has 2 aromatic carbocycles. The predicted molar refractivity (Wildman–Crippen MR) is 79.4 cm³/mol. The van der Waals surface area contributed by atoms with E-state index in [1.807, 2.05) is 30.3 Å². The molecule has 0 aliphatic rings. The number of nitrogens with one attached hydrogen (secondary N) is 1. The average Bonchev–Trinajstić information content (AvgIpc) is 2.47. The molecule has 0 spiro atoms. The van der Waals surface area contributed by atoms with Gasteiger partial charge in [0, 0.05) is 12.1 Å². The summed E-state index contributed by atoms with van der Waals surface area (Å²) in [4.78, 5) is 0. The third-order valence-electron chi connectivity index (χ3n) is 3.46. The Hall–Kier alpha value is -1.87. The second kappa shape index (κ2) is 6.53. The van der Waals surface area contributed by atoms with Gasteiger partial charge < -0.3 is 10.1 Å². The van der Waals surface area contributed by atoms with Gasteiger partial charge in [0.1, 0.15) is 11.6 Å². The van der Waals surface area contributed by atoms with Crippen molar-refractivity contribution in [3.8, 4) is 5.75 Å². The zero-order valence-electron chi connectivity index (χ0n) is 12.1. The maximum absolute atomic E-state index is 12.9. The fourth-order valence-electron chi connectivity index (χ4n) is 2.23. The van der Waals surface area contributed by atoms with Crippen molar-refractivity contribution in [2.75, 3.05) is 7.11 Å². The van der Waals surface area contributed by atoms with Crippen molar-refractivity contribution < 1.29 is 9.13 Å². The van der Waals surface area contributed by atoms with Gasteiger partial charge in [0.2, 0.25) is 0 Å². The molecule has 1 unspecified atom stereocenters. The molecule has 0 fully saturated rings. The molecule has 2 nitrogen and oxygen atoms in total. The van der Waals surface area contributed by atoms with Crippen LogP contribution in [0.2, 0.25) is 0 Å². The highest BCUT2D eigenvalue weighted by Gasteiger charge is 2.11. The van der Waals surface area contributed by atoms with Crippen molar-refractivity contribution in [3.63, 3.8) is 0 Å². The van der Waals surface area contributed by atoms with E-state index in [4.69, 9.17) is 4.74 Å². The molecule has 20 heavy (non-hydrogen) atoms. The summed E-state index contributed by atoms with van der Waals surface area (Å²) >= 11 is 0. The summed E-state index contributed by atoms with van der Waals surface area (Å²) in [5.74, 6) is 0.646. The highest BCUT2D eigenvalue weighted by molar-refractivity contribution is 5.30. The first-order valence-corrected chi connectivity index (χ1v) is 6.75. The van der Waals surface area contributed by atoms with E-state index in [1.54, 1.807) is 7.11 Å². The quantitative estimate of drug-likeness (QED) is 0.879. The van der Waals surface area contributed by atoms with Crippen LogP contribution in [0.1, 0.15) is 37.1 Å². The zero-order chi connectivity index (χ0) is 14.5. The lowest BCUT2D eigenvalue weighted by atomic mass is 10.0. The van der Waals surface area contributed by atoms with Crippen LogP contribution >= 0.6 is 0 Å². The Labute approximate surface area is 119 Å². The van der Waals surface area contributed by atoms with Crippen LogP contribution in [0.25, 0.3) is 0 Å². The molecular formula is C17H20FNO. The van der Waals surface area contributed by atoms with Crippen molar-refractivity contribution in [1.29, 1.82) is 0 Å². The van der Waals surface area contributed by atoms with E-state index in [0.29, 0.717) is 0 Å². The molecule has 2 aromatic rings. The fourth-order valence-corrected chi connectivity index (χ4v) is 2.23. The molecule has 0 saturated heterocycles. The summed E-state index contributed by atoms with van der Waals surface area (Å²) in [5.41, 5.74) is 2.24. The van der Waals surface area contributed by atoms with E-state index < -0.39 is 0 Å². The molecule has 0 bridgehead atoms. The number of benzene rings is 2. The molecule has 0 radical (unpaired) electrons. The minimum absolute atomic E-state index is 0.150. The van der Waals surface area contributed by atoms with Gasteiger partial charge in [0.05, 0.1) is 7.11 Å². The summed E-state index contributed by atoms with van der Waals surface area (Å²) in [6.45, 7) is 4.18. The molecule has 0 aromatic heterocycles. The van der Waals surface area contributed by atoms with Crippen LogP contribution < -0.4 is 10.1 Å². The molecule has 2 rings (SSSR count). The van der Waals surface area contributed by atoms with E-state index in [2.05, 4.69) is 25.2 Å². The fraction of sp³-hybridized carbons (Fsp3) is 0.294. The van der Waals surface area contributed by atoms with Crippen molar-refractivity contribution in [2.45, 2.75) is 25.9 Å². The van der Waals surface area contributed by atoms with Gasteiger partial charge in [-0.1, -0.05) is 24.3 Å². The lowest BCUT2D eigenvalue weighted by Gasteiger charge is -2.21. The van der Waals surface area contributed by atoms with E-state index in [1.165, 1.54) is 17.7 Å². The summed E-state index contributed by atoms with van der Waals surface area (Å²) in [5, 5.41) is 3.51.